The fourth-order valence-corrected chi connectivity index (χ4v) is 4.93. The first-order valence-corrected chi connectivity index (χ1v) is 14.4. The molecule has 0 unspecified atom stereocenters. The molecule has 10 nitrogen and oxygen atoms in total. The number of thiocarbonyl (C=S) groups is 1. The number of benzene rings is 2. The number of hydrogen-bond donors (Lipinski definition) is 3. The minimum absolute atomic E-state index is 0.00751. The molecule has 0 spiro atoms. The standard InChI is InChI=1S/C25H28BrN5O5S2/c1-3-4-5-6-13-36-21-12-7-17(14-20(21)26)24(32)30-25(37)29-18-8-10-19(11-9-18)38(33,34)31-22-15-23(35-2)28-16-27-22/h7-12,14-16H,3-6,13H2,1-2H3,(H,27,28,31)(H2,29,30,32,37). The van der Waals surface area contributed by atoms with Crippen LogP contribution in [0.25, 0.3) is 0 Å². The van der Waals surface area contributed by atoms with E-state index in [9.17, 15) is 13.2 Å². The van der Waals surface area contributed by atoms with E-state index in [0.717, 1.165) is 19.3 Å². The molecule has 13 heteroatoms. The number of amides is 1. The average Bonchev–Trinajstić information content (AvgIpc) is 2.89. The second-order valence-corrected chi connectivity index (χ2v) is 11.0. The number of unbranched alkanes of at least 4 members (excludes halogenated alkanes) is 3. The van der Waals surface area contributed by atoms with Crippen LogP contribution in [0.3, 0.4) is 0 Å². The molecule has 0 radical (unpaired) electrons. The minimum atomic E-state index is -3.90. The van der Waals surface area contributed by atoms with Gasteiger partial charge in [0.1, 0.15) is 17.9 Å². The lowest BCUT2D eigenvalue weighted by Crippen LogP contribution is -2.34. The van der Waals surface area contributed by atoms with E-state index >= 15 is 0 Å². The van der Waals surface area contributed by atoms with Gasteiger partial charge < -0.3 is 14.8 Å². The predicted molar refractivity (Wildman–Crippen MR) is 153 cm³/mol. The maximum absolute atomic E-state index is 12.7. The summed E-state index contributed by atoms with van der Waals surface area (Å²) in [6.45, 7) is 2.77. The number of nitrogens with one attached hydrogen (secondary N) is 3. The average molecular weight is 623 g/mol. The molecule has 38 heavy (non-hydrogen) atoms. The summed E-state index contributed by atoms with van der Waals surface area (Å²) in [7, 11) is -2.48. The van der Waals surface area contributed by atoms with Crippen LogP contribution in [-0.2, 0) is 10.0 Å². The van der Waals surface area contributed by atoms with Gasteiger partial charge in [-0.15, -0.1) is 0 Å². The van der Waals surface area contributed by atoms with Crippen molar-refractivity contribution in [3.05, 3.63) is 64.9 Å². The van der Waals surface area contributed by atoms with Crippen LogP contribution in [0.5, 0.6) is 11.6 Å². The molecule has 1 aromatic heterocycles. The Kier molecular flexibility index (Phi) is 10.8. The largest absolute Gasteiger partial charge is 0.492 e. The van der Waals surface area contributed by atoms with E-state index in [1.807, 2.05) is 0 Å². The van der Waals surface area contributed by atoms with E-state index < -0.39 is 15.9 Å². The highest BCUT2D eigenvalue weighted by Crippen LogP contribution is 2.26. The van der Waals surface area contributed by atoms with Crippen molar-refractivity contribution in [1.82, 2.24) is 15.3 Å². The van der Waals surface area contributed by atoms with Gasteiger partial charge in [-0.05, 0) is 77.0 Å². The van der Waals surface area contributed by atoms with E-state index in [1.54, 1.807) is 18.2 Å². The lowest BCUT2D eigenvalue weighted by Gasteiger charge is -2.12. The van der Waals surface area contributed by atoms with Gasteiger partial charge in [0, 0.05) is 17.3 Å². The van der Waals surface area contributed by atoms with E-state index in [-0.39, 0.29) is 21.7 Å². The normalized spacial score (nSPS) is 10.9. The summed E-state index contributed by atoms with van der Waals surface area (Å²) in [4.78, 5) is 20.4. The molecule has 1 heterocycles. The van der Waals surface area contributed by atoms with Crippen molar-refractivity contribution in [3.8, 4) is 11.6 Å². The van der Waals surface area contributed by atoms with Gasteiger partial charge in [-0.3, -0.25) is 14.8 Å². The molecule has 202 valence electrons. The van der Waals surface area contributed by atoms with Crippen molar-refractivity contribution >= 4 is 60.7 Å². The van der Waals surface area contributed by atoms with Crippen molar-refractivity contribution in [3.63, 3.8) is 0 Å². The Morgan fingerprint density at radius 1 is 1.05 bits per heavy atom. The van der Waals surface area contributed by atoms with Gasteiger partial charge in [0.05, 0.1) is 23.1 Å². The molecule has 0 fully saturated rings. The fraction of sp³-hybridized carbons (Fsp3) is 0.280. The van der Waals surface area contributed by atoms with Gasteiger partial charge in [-0.1, -0.05) is 26.2 Å². The van der Waals surface area contributed by atoms with Crippen molar-refractivity contribution in [1.29, 1.82) is 0 Å². The molecule has 0 aliphatic rings. The number of nitrogens with zero attached hydrogens (tertiary/aromatic N) is 2. The van der Waals surface area contributed by atoms with Crippen molar-refractivity contribution in [2.75, 3.05) is 23.8 Å². The van der Waals surface area contributed by atoms with Crippen LogP contribution < -0.4 is 24.8 Å². The van der Waals surface area contributed by atoms with E-state index in [1.165, 1.54) is 50.2 Å². The smallest absolute Gasteiger partial charge is 0.263 e. The quantitative estimate of drug-likeness (QED) is 0.186. The summed E-state index contributed by atoms with van der Waals surface area (Å²) in [5, 5.41) is 5.54. The van der Waals surface area contributed by atoms with Crippen LogP contribution in [0.2, 0.25) is 0 Å². The van der Waals surface area contributed by atoms with Gasteiger partial charge in [-0.25, -0.2) is 18.4 Å². The number of hydrogen-bond acceptors (Lipinski definition) is 8. The van der Waals surface area contributed by atoms with Gasteiger partial charge in [0.2, 0.25) is 5.88 Å². The van der Waals surface area contributed by atoms with Crippen molar-refractivity contribution in [2.45, 2.75) is 37.5 Å². The molecule has 0 aliphatic heterocycles. The number of ether oxygens (including phenoxy) is 2. The number of methoxy groups -OCH3 is 1. The van der Waals surface area contributed by atoms with Crippen LogP contribution in [0.15, 0.2) is 64.2 Å². The zero-order valence-corrected chi connectivity index (χ0v) is 24.1. The molecule has 0 atom stereocenters. The minimum Gasteiger partial charge on any atom is -0.492 e. The van der Waals surface area contributed by atoms with E-state index in [2.05, 4.69) is 48.2 Å². The third-order valence-corrected chi connectivity index (χ3v) is 7.38. The number of carbonyl (C=O) groups excluding carboxylic acids is 1. The Labute approximate surface area is 235 Å². The highest BCUT2D eigenvalue weighted by atomic mass is 79.9. The summed E-state index contributed by atoms with van der Waals surface area (Å²) >= 11 is 8.69. The Morgan fingerprint density at radius 2 is 1.82 bits per heavy atom. The van der Waals surface area contributed by atoms with Crippen molar-refractivity contribution < 1.29 is 22.7 Å². The molecular weight excluding hydrogens is 594 g/mol. The summed E-state index contributed by atoms with van der Waals surface area (Å²) in [5.74, 6) is 0.562. The van der Waals surface area contributed by atoms with Crippen LogP contribution in [0, 0.1) is 0 Å². The first kappa shape index (κ1) is 29.3. The highest BCUT2D eigenvalue weighted by Gasteiger charge is 2.16. The Balaban J connectivity index is 1.54. The molecule has 0 saturated heterocycles. The van der Waals surface area contributed by atoms with E-state index in [4.69, 9.17) is 21.7 Å². The molecular formula is C25H28BrN5O5S2. The summed E-state index contributed by atoms with van der Waals surface area (Å²) in [6.07, 6.45) is 5.62. The molecule has 0 saturated carbocycles. The highest BCUT2D eigenvalue weighted by molar-refractivity contribution is 9.10. The van der Waals surface area contributed by atoms with E-state index in [0.29, 0.717) is 28.1 Å². The Hall–Kier alpha value is -3.29. The summed E-state index contributed by atoms with van der Waals surface area (Å²) < 4.78 is 39.1. The number of carbonyl (C=O) groups is 1. The van der Waals surface area contributed by atoms with Gasteiger partial charge in [0.15, 0.2) is 5.11 Å². The second-order valence-electron chi connectivity index (χ2n) is 8.04. The van der Waals surface area contributed by atoms with Crippen LogP contribution >= 0.6 is 28.1 Å². The van der Waals surface area contributed by atoms with Crippen LogP contribution in [0.1, 0.15) is 43.0 Å². The second kappa shape index (κ2) is 14.0. The summed E-state index contributed by atoms with van der Waals surface area (Å²) in [6, 6.07) is 12.3. The molecule has 0 bridgehead atoms. The van der Waals surface area contributed by atoms with Crippen LogP contribution in [-0.4, -0.2) is 43.1 Å². The third-order valence-electron chi connectivity index (χ3n) is 5.19. The van der Waals surface area contributed by atoms with Gasteiger partial charge in [0.25, 0.3) is 15.9 Å². The molecule has 3 rings (SSSR count). The third kappa shape index (κ3) is 8.64. The zero-order chi connectivity index (χ0) is 27.5. The number of anilines is 2. The topological polar surface area (TPSA) is 132 Å². The lowest BCUT2D eigenvalue weighted by molar-refractivity contribution is 0.0977. The number of aromatic nitrogens is 2. The fourth-order valence-electron chi connectivity index (χ4n) is 3.23. The zero-order valence-electron chi connectivity index (χ0n) is 20.9. The SMILES string of the molecule is CCCCCCOc1ccc(C(=O)NC(=S)Nc2ccc(S(=O)(=O)Nc3cc(OC)ncn3)cc2)cc1Br. The van der Waals surface area contributed by atoms with Crippen molar-refractivity contribution in [2.24, 2.45) is 0 Å². The number of rotatable bonds is 12. The lowest BCUT2D eigenvalue weighted by atomic mass is 10.2. The van der Waals surface area contributed by atoms with Gasteiger partial charge >= 0.3 is 0 Å². The first-order valence-electron chi connectivity index (χ1n) is 11.8. The Bertz CT molecular complexity index is 1370. The predicted octanol–water partition coefficient (Wildman–Crippen LogP) is 5.13. The number of sulfonamides is 1. The molecule has 3 N–H and O–H groups in total. The Morgan fingerprint density at radius 3 is 2.50 bits per heavy atom. The molecule has 0 aliphatic carbocycles. The first-order chi connectivity index (χ1) is 18.2. The van der Waals surface area contributed by atoms with Gasteiger partial charge in [-0.2, -0.15) is 0 Å². The number of halogens is 1. The molecule has 3 aromatic rings. The monoisotopic (exact) mass is 621 g/mol. The maximum atomic E-state index is 12.7. The van der Waals surface area contributed by atoms with Crippen LogP contribution in [0.4, 0.5) is 11.5 Å². The molecule has 1 amide bonds. The maximum Gasteiger partial charge on any atom is 0.263 e. The molecule has 2 aromatic carbocycles. The summed E-state index contributed by atoms with van der Waals surface area (Å²) in [5.41, 5.74) is 0.888.